The van der Waals surface area contributed by atoms with Crippen molar-refractivity contribution in [2.45, 2.75) is 26.8 Å². The van der Waals surface area contributed by atoms with Gasteiger partial charge in [-0.1, -0.05) is 0 Å². The molecule has 0 amide bonds. The summed E-state index contributed by atoms with van der Waals surface area (Å²) in [7, 11) is 0. The highest BCUT2D eigenvalue weighted by atomic mass is 16.7. The van der Waals surface area contributed by atoms with Gasteiger partial charge in [-0.3, -0.25) is 10.1 Å². The smallest absolute Gasteiger partial charge is 0.330 e. The molecule has 0 unspecified atom stereocenters. The third kappa shape index (κ3) is 2.41. The van der Waals surface area contributed by atoms with Crippen LogP contribution >= 0.6 is 0 Å². The van der Waals surface area contributed by atoms with Gasteiger partial charge in [-0.05, 0) is 20.8 Å². The van der Waals surface area contributed by atoms with Crippen LogP contribution in [0.1, 0.15) is 20.8 Å². The molecule has 1 heterocycles. The van der Waals surface area contributed by atoms with Crippen molar-refractivity contribution in [1.82, 2.24) is 5.06 Å². The largest absolute Gasteiger partial charge is 0.367 e. The summed E-state index contributed by atoms with van der Waals surface area (Å²) in [5.74, 6) is -0.362. The zero-order valence-corrected chi connectivity index (χ0v) is 8.52. The molecule has 1 aliphatic rings. The highest BCUT2D eigenvalue weighted by molar-refractivity contribution is 5.75. The van der Waals surface area contributed by atoms with Crippen LogP contribution in [0.15, 0.2) is 0 Å². The van der Waals surface area contributed by atoms with Crippen LogP contribution in [-0.4, -0.2) is 35.1 Å². The van der Waals surface area contributed by atoms with E-state index in [4.69, 9.17) is 4.84 Å². The number of hydrogen-bond acceptors (Lipinski definition) is 5. The lowest BCUT2D eigenvalue weighted by molar-refractivity contribution is -0.550. The minimum atomic E-state index is -0.595. The minimum absolute atomic E-state index is 0.189. The van der Waals surface area contributed by atoms with Crippen LogP contribution in [0, 0.1) is 15.5 Å². The van der Waals surface area contributed by atoms with Crippen molar-refractivity contribution >= 4 is 5.97 Å². The summed E-state index contributed by atoms with van der Waals surface area (Å²) < 4.78 is 0. The average molecular weight is 202 g/mol. The molecule has 80 valence electrons. The van der Waals surface area contributed by atoms with E-state index in [2.05, 4.69) is 0 Å². The first-order chi connectivity index (χ1) is 6.30. The second-order valence-corrected chi connectivity index (χ2v) is 4.41. The summed E-state index contributed by atoms with van der Waals surface area (Å²) in [6, 6.07) is -0.595. The second kappa shape index (κ2) is 3.53. The van der Waals surface area contributed by atoms with Crippen molar-refractivity contribution in [1.29, 1.82) is 0 Å². The summed E-state index contributed by atoms with van der Waals surface area (Å²) in [4.78, 5) is 26.1. The maximum absolute atomic E-state index is 11.3. The molecule has 1 aliphatic heterocycles. The molecule has 6 nitrogen and oxygen atoms in total. The summed E-state index contributed by atoms with van der Waals surface area (Å²) in [6.45, 7) is 5.59. The number of carbonyl (C=O) groups is 1. The molecule has 0 atom stereocenters. The number of carbonyl (C=O) groups excluding carboxylic acids is 1. The van der Waals surface area contributed by atoms with Crippen molar-refractivity contribution in [3.63, 3.8) is 0 Å². The van der Waals surface area contributed by atoms with Crippen LogP contribution in [0.3, 0.4) is 0 Å². The van der Waals surface area contributed by atoms with Gasteiger partial charge in [0, 0.05) is 4.92 Å². The van der Waals surface area contributed by atoms with E-state index in [1.807, 2.05) is 0 Å². The Morgan fingerprint density at radius 1 is 1.50 bits per heavy atom. The monoisotopic (exact) mass is 202 g/mol. The maximum atomic E-state index is 11.3. The molecule has 0 radical (unpaired) electrons. The molecule has 0 N–H and O–H groups in total. The van der Waals surface area contributed by atoms with Crippen molar-refractivity contribution in [3.05, 3.63) is 10.1 Å². The number of hydrogen-bond donors (Lipinski definition) is 0. The molecular formula is C8H14N2O4. The van der Waals surface area contributed by atoms with Crippen LogP contribution in [0.4, 0.5) is 0 Å². The number of rotatable bonds is 2. The molecule has 14 heavy (non-hydrogen) atoms. The first-order valence-corrected chi connectivity index (χ1v) is 4.41. The zero-order chi connectivity index (χ0) is 10.9. The van der Waals surface area contributed by atoms with Crippen LogP contribution < -0.4 is 0 Å². The summed E-state index contributed by atoms with van der Waals surface area (Å²) >= 11 is 0. The molecule has 0 saturated carbocycles. The quantitative estimate of drug-likeness (QED) is 0.480. The van der Waals surface area contributed by atoms with E-state index in [0.717, 1.165) is 0 Å². The fourth-order valence-electron chi connectivity index (χ4n) is 0.879. The molecule has 0 bridgehead atoms. The third-order valence-electron chi connectivity index (χ3n) is 1.95. The Hall–Kier alpha value is -1.17. The summed E-state index contributed by atoms with van der Waals surface area (Å²) in [5, 5.41) is 11.6. The van der Waals surface area contributed by atoms with Crippen LogP contribution in [0.25, 0.3) is 0 Å². The lowest BCUT2D eigenvalue weighted by atomic mass is 9.98. The number of nitrogens with zero attached hydrogens (tertiary/aromatic N) is 2. The van der Waals surface area contributed by atoms with Gasteiger partial charge in [-0.15, -0.1) is 5.06 Å². The molecule has 0 aromatic rings. The van der Waals surface area contributed by atoms with Crippen LogP contribution in [-0.2, 0) is 9.63 Å². The molecule has 1 fully saturated rings. The highest BCUT2D eigenvalue weighted by Crippen LogP contribution is 2.19. The Balaban J connectivity index is 2.30. The van der Waals surface area contributed by atoms with Crippen LogP contribution in [0.2, 0.25) is 0 Å². The van der Waals surface area contributed by atoms with Gasteiger partial charge in [0.25, 0.3) is 0 Å². The number of nitro groups is 1. The molecule has 0 aromatic heterocycles. The second-order valence-electron chi connectivity index (χ2n) is 4.41. The number of hydroxylamine groups is 2. The van der Waals surface area contributed by atoms with Crippen molar-refractivity contribution in [3.8, 4) is 0 Å². The van der Waals surface area contributed by atoms with E-state index in [9.17, 15) is 14.9 Å². The normalized spacial score (nSPS) is 18.8. The zero-order valence-electron chi connectivity index (χ0n) is 8.52. The van der Waals surface area contributed by atoms with Gasteiger partial charge in [0.05, 0.1) is 5.41 Å². The maximum Gasteiger partial charge on any atom is 0.330 e. The van der Waals surface area contributed by atoms with E-state index in [1.54, 1.807) is 20.8 Å². The highest BCUT2D eigenvalue weighted by Gasteiger charge is 2.40. The van der Waals surface area contributed by atoms with Crippen molar-refractivity contribution < 1.29 is 14.6 Å². The molecular weight excluding hydrogens is 188 g/mol. The first-order valence-electron chi connectivity index (χ1n) is 4.41. The standard InChI is InChI=1S/C8H14N2O4/c1-8(2,3)7(11)14-9-4-6(5-9)10(12)13/h6H,4-5H2,1-3H3. The Morgan fingerprint density at radius 2 is 2.00 bits per heavy atom. The summed E-state index contributed by atoms with van der Waals surface area (Å²) in [6.07, 6.45) is 0. The predicted molar refractivity (Wildman–Crippen MR) is 47.9 cm³/mol. The topological polar surface area (TPSA) is 72.7 Å². The van der Waals surface area contributed by atoms with E-state index in [1.165, 1.54) is 5.06 Å². The Bertz CT molecular complexity index is 253. The van der Waals surface area contributed by atoms with E-state index < -0.39 is 11.5 Å². The lowest BCUT2D eigenvalue weighted by Gasteiger charge is -2.32. The lowest BCUT2D eigenvalue weighted by Crippen LogP contribution is -2.55. The van der Waals surface area contributed by atoms with Crippen molar-refractivity contribution in [2.75, 3.05) is 13.1 Å². The van der Waals surface area contributed by atoms with Gasteiger partial charge in [-0.2, -0.15) is 0 Å². The van der Waals surface area contributed by atoms with Gasteiger partial charge >= 0.3 is 5.97 Å². The molecule has 0 aromatic carbocycles. The Labute approximate surface area is 81.9 Å². The Morgan fingerprint density at radius 3 is 2.36 bits per heavy atom. The van der Waals surface area contributed by atoms with Crippen molar-refractivity contribution in [2.24, 2.45) is 5.41 Å². The Kier molecular flexibility index (Phi) is 2.75. The predicted octanol–water partition coefficient (Wildman–Crippen LogP) is 0.452. The van der Waals surface area contributed by atoms with Gasteiger partial charge in [-0.25, -0.2) is 4.79 Å². The van der Waals surface area contributed by atoms with Gasteiger partial charge in [0.2, 0.25) is 6.04 Å². The van der Waals surface area contributed by atoms with E-state index >= 15 is 0 Å². The van der Waals surface area contributed by atoms with Gasteiger partial charge < -0.3 is 4.84 Å². The van der Waals surface area contributed by atoms with Gasteiger partial charge in [0.1, 0.15) is 13.1 Å². The van der Waals surface area contributed by atoms with E-state index in [0.29, 0.717) is 0 Å². The molecule has 6 heteroatoms. The summed E-state index contributed by atoms with van der Waals surface area (Å²) in [5.41, 5.74) is -0.570. The molecule has 0 aliphatic carbocycles. The van der Waals surface area contributed by atoms with E-state index in [-0.39, 0.29) is 24.0 Å². The fraction of sp³-hybridized carbons (Fsp3) is 0.875. The third-order valence-corrected chi connectivity index (χ3v) is 1.95. The fourth-order valence-corrected chi connectivity index (χ4v) is 0.879. The SMILES string of the molecule is CC(C)(C)C(=O)ON1CC([N+](=O)[O-])C1. The first kappa shape index (κ1) is 10.9. The van der Waals surface area contributed by atoms with Crippen LogP contribution in [0.5, 0.6) is 0 Å². The molecule has 0 spiro atoms. The van der Waals surface area contributed by atoms with Gasteiger partial charge in [0.15, 0.2) is 0 Å². The average Bonchev–Trinajstić information content (AvgIpc) is 1.92. The molecule has 1 saturated heterocycles. The molecule has 1 rings (SSSR count). The minimum Gasteiger partial charge on any atom is -0.367 e.